The SMILES string of the molecule is CC(=O)NC(CCC(=O)O)(NC(C)=O)C(=O)O. The maximum absolute atomic E-state index is 11.1. The van der Waals surface area contributed by atoms with E-state index in [-0.39, 0.29) is 0 Å². The number of carbonyl (C=O) groups is 4. The molecule has 4 N–H and O–H groups in total. The van der Waals surface area contributed by atoms with Crippen molar-refractivity contribution in [2.24, 2.45) is 0 Å². The summed E-state index contributed by atoms with van der Waals surface area (Å²) in [6.07, 6.45) is -0.955. The molecule has 0 aliphatic rings. The summed E-state index contributed by atoms with van der Waals surface area (Å²) >= 11 is 0. The highest BCUT2D eigenvalue weighted by Gasteiger charge is 2.40. The molecular formula is C9H14N2O6. The zero-order valence-electron chi connectivity index (χ0n) is 9.44. The number of nitrogens with one attached hydrogen (secondary N) is 2. The fourth-order valence-electron chi connectivity index (χ4n) is 1.27. The largest absolute Gasteiger partial charge is 0.481 e. The maximum atomic E-state index is 11.1. The topological polar surface area (TPSA) is 133 Å². The first-order valence-corrected chi connectivity index (χ1v) is 4.72. The zero-order valence-corrected chi connectivity index (χ0v) is 9.44. The summed E-state index contributed by atoms with van der Waals surface area (Å²) in [5, 5.41) is 21.6. The highest BCUT2D eigenvalue weighted by atomic mass is 16.4. The Labute approximate surface area is 97.0 Å². The smallest absolute Gasteiger partial charge is 0.350 e. The average molecular weight is 246 g/mol. The van der Waals surface area contributed by atoms with Gasteiger partial charge in [0.25, 0.3) is 0 Å². The van der Waals surface area contributed by atoms with Gasteiger partial charge in [-0.15, -0.1) is 0 Å². The van der Waals surface area contributed by atoms with Crippen molar-refractivity contribution < 1.29 is 29.4 Å². The van der Waals surface area contributed by atoms with Gasteiger partial charge < -0.3 is 20.8 Å². The molecule has 0 aliphatic carbocycles. The number of rotatable bonds is 6. The van der Waals surface area contributed by atoms with Crippen LogP contribution >= 0.6 is 0 Å². The first-order chi connectivity index (χ1) is 7.69. The van der Waals surface area contributed by atoms with E-state index >= 15 is 0 Å². The molecule has 0 bridgehead atoms. The molecule has 0 aromatic rings. The van der Waals surface area contributed by atoms with Gasteiger partial charge in [0.1, 0.15) is 0 Å². The van der Waals surface area contributed by atoms with Crippen LogP contribution in [0.5, 0.6) is 0 Å². The molecule has 2 amide bonds. The Morgan fingerprint density at radius 3 is 1.65 bits per heavy atom. The normalized spacial score (nSPS) is 10.5. The molecule has 17 heavy (non-hydrogen) atoms. The lowest BCUT2D eigenvalue weighted by molar-refractivity contribution is -0.152. The Morgan fingerprint density at radius 2 is 1.41 bits per heavy atom. The van der Waals surface area contributed by atoms with E-state index < -0.39 is 42.3 Å². The van der Waals surface area contributed by atoms with E-state index in [4.69, 9.17) is 10.2 Å². The lowest BCUT2D eigenvalue weighted by Crippen LogP contribution is -2.65. The molecular weight excluding hydrogens is 232 g/mol. The molecule has 0 unspecified atom stereocenters. The molecule has 0 spiro atoms. The van der Waals surface area contributed by atoms with Gasteiger partial charge in [0.15, 0.2) is 0 Å². The van der Waals surface area contributed by atoms with E-state index in [0.717, 1.165) is 13.8 Å². The van der Waals surface area contributed by atoms with Gasteiger partial charge in [-0.3, -0.25) is 14.4 Å². The van der Waals surface area contributed by atoms with Crippen LogP contribution in [0.4, 0.5) is 0 Å². The van der Waals surface area contributed by atoms with Crippen molar-refractivity contribution >= 4 is 23.8 Å². The molecule has 0 aromatic heterocycles. The van der Waals surface area contributed by atoms with Gasteiger partial charge in [-0.2, -0.15) is 0 Å². The van der Waals surface area contributed by atoms with E-state index in [1.165, 1.54) is 0 Å². The van der Waals surface area contributed by atoms with Crippen LogP contribution < -0.4 is 10.6 Å². The minimum atomic E-state index is -2.09. The summed E-state index contributed by atoms with van der Waals surface area (Å²) in [6.45, 7) is 2.14. The molecule has 0 aliphatic heterocycles. The van der Waals surface area contributed by atoms with Crippen LogP contribution in [0.3, 0.4) is 0 Å². The van der Waals surface area contributed by atoms with E-state index in [1.54, 1.807) is 0 Å². The van der Waals surface area contributed by atoms with Crippen molar-refractivity contribution in [2.75, 3.05) is 0 Å². The summed E-state index contributed by atoms with van der Waals surface area (Å²) in [6, 6.07) is 0. The summed E-state index contributed by atoms with van der Waals surface area (Å²) in [5.41, 5.74) is -2.09. The van der Waals surface area contributed by atoms with Crippen LogP contribution in [0.2, 0.25) is 0 Å². The Morgan fingerprint density at radius 1 is 1.00 bits per heavy atom. The summed E-state index contributed by atoms with van der Waals surface area (Å²) in [4.78, 5) is 43.3. The second-order valence-electron chi connectivity index (χ2n) is 3.47. The fourth-order valence-corrected chi connectivity index (χ4v) is 1.27. The number of carboxylic acids is 2. The first-order valence-electron chi connectivity index (χ1n) is 4.72. The predicted octanol–water partition coefficient (Wildman–Crippen LogP) is -1.10. The van der Waals surface area contributed by atoms with Crippen molar-refractivity contribution in [3.05, 3.63) is 0 Å². The number of amides is 2. The maximum Gasteiger partial charge on any atom is 0.350 e. The molecule has 0 heterocycles. The lowest BCUT2D eigenvalue weighted by atomic mass is 10.0. The van der Waals surface area contributed by atoms with Crippen LogP contribution in [-0.4, -0.2) is 39.6 Å². The van der Waals surface area contributed by atoms with Gasteiger partial charge in [0.2, 0.25) is 17.5 Å². The zero-order chi connectivity index (χ0) is 13.6. The second-order valence-corrected chi connectivity index (χ2v) is 3.47. The Balaban J connectivity index is 5.07. The number of hydrogen-bond donors (Lipinski definition) is 4. The van der Waals surface area contributed by atoms with E-state index in [0.29, 0.717) is 0 Å². The van der Waals surface area contributed by atoms with E-state index in [1.807, 2.05) is 10.6 Å². The molecule has 8 nitrogen and oxygen atoms in total. The Bertz CT molecular complexity index is 335. The van der Waals surface area contributed by atoms with Crippen LogP contribution in [0.25, 0.3) is 0 Å². The minimum Gasteiger partial charge on any atom is -0.481 e. The van der Waals surface area contributed by atoms with Gasteiger partial charge in [0, 0.05) is 26.7 Å². The average Bonchev–Trinajstić information content (AvgIpc) is 2.11. The summed E-state index contributed by atoms with van der Waals surface area (Å²) < 4.78 is 0. The molecule has 0 radical (unpaired) electrons. The Hall–Kier alpha value is -2.12. The van der Waals surface area contributed by atoms with Crippen molar-refractivity contribution in [3.8, 4) is 0 Å². The van der Waals surface area contributed by atoms with Gasteiger partial charge >= 0.3 is 11.9 Å². The third-order valence-corrected chi connectivity index (χ3v) is 1.86. The van der Waals surface area contributed by atoms with Crippen LogP contribution in [0, 0.1) is 0 Å². The highest BCUT2D eigenvalue weighted by Crippen LogP contribution is 2.10. The molecule has 0 rings (SSSR count). The number of hydrogen-bond acceptors (Lipinski definition) is 4. The quantitative estimate of drug-likeness (QED) is 0.440. The summed E-state index contributed by atoms with van der Waals surface area (Å²) in [5.74, 6) is -4.13. The van der Waals surface area contributed by atoms with Crippen molar-refractivity contribution in [1.29, 1.82) is 0 Å². The number of aliphatic carboxylic acids is 2. The van der Waals surface area contributed by atoms with Crippen molar-refractivity contribution in [2.45, 2.75) is 32.4 Å². The van der Waals surface area contributed by atoms with Crippen molar-refractivity contribution in [1.82, 2.24) is 10.6 Å². The van der Waals surface area contributed by atoms with Gasteiger partial charge in [0.05, 0.1) is 0 Å². The monoisotopic (exact) mass is 246 g/mol. The van der Waals surface area contributed by atoms with Crippen LogP contribution in [0.15, 0.2) is 0 Å². The minimum absolute atomic E-state index is 0.448. The van der Waals surface area contributed by atoms with Gasteiger partial charge in [-0.05, 0) is 0 Å². The molecule has 8 heteroatoms. The van der Waals surface area contributed by atoms with Gasteiger partial charge in [-0.25, -0.2) is 4.79 Å². The molecule has 0 fully saturated rings. The highest BCUT2D eigenvalue weighted by molar-refractivity contribution is 5.90. The molecule has 0 aromatic carbocycles. The lowest BCUT2D eigenvalue weighted by Gasteiger charge is -2.30. The molecule has 0 saturated carbocycles. The van der Waals surface area contributed by atoms with Crippen LogP contribution in [-0.2, 0) is 19.2 Å². The van der Waals surface area contributed by atoms with Crippen LogP contribution in [0.1, 0.15) is 26.7 Å². The molecule has 96 valence electrons. The second kappa shape index (κ2) is 5.83. The van der Waals surface area contributed by atoms with E-state index in [2.05, 4.69) is 0 Å². The third kappa shape index (κ3) is 4.96. The fraction of sp³-hybridized carbons (Fsp3) is 0.556. The third-order valence-electron chi connectivity index (χ3n) is 1.86. The molecule has 0 atom stereocenters. The predicted molar refractivity (Wildman–Crippen MR) is 54.9 cm³/mol. The van der Waals surface area contributed by atoms with E-state index in [9.17, 15) is 19.2 Å². The van der Waals surface area contributed by atoms with Crippen molar-refractivity contribution in [3.63, 3.8) is 0 Å². The number of carboxylic acid groups (broad SMARTS) is 2. The standard InChI is InChI=1S/C9H14N2O6/c1-5(12)10-9(8(16)17,11-6(2)13)4-3-7(14)15/h3-4H2,1-2H3,(H,10,12)(H,11,13)(H,14,15)(H,16,17). The number of carbonyl (C=O) groups excluding carboxylic acids is 2. The first kappa shape index (κ1) is 14.9. The van der Waals surface area contributed by atoms with Gasteiger partial charge in [-0.1, -0.05) is 0 Å². The molecule has 0 saturated heterocycles. The summed E-state index contributed by atoms with van der Waals surface area (Å²) in [7, 11) is 0. The Kier molecular flexibility index (Phi) is 5.10.